The van der Waals surface area contributed by atoms with Crippen molar-refractivity contribution in [2.75, 3.05) is 20.6 Å². The van der Waals surface area contributed by atoms with E-state index < -0.39 is 6.23 Å². The van der Waals surface area contributed by atoms with Gasteiger partial charge in [-0.1, -0.05) is 12.8 Å². The predicted octanol–water partition coefficient (Wildman–Crippen LogP) is 1.43. The average Bonchev–Trinajstić information content (AvgIpc) is 2.71. The summed E-state index contributed by atoms with van der Waals surface area (Å²) < 4.78 is 5.40. The van der Waals surface area contributed by atoms with Crippen LogP contribution >= 0.6 is 0 Å². The third-order valence-electron chi connectivity index (χ3n) is 3.93. The summed E-state index contributed by atoms with van der Waals surface area (Å²) in [6.45, 7) is 2.09. The number of esters is 1. The lowest BCUT2D eigenvalue weighted by molar-refractivity contribution is -0.173. The fourth-order valence-electron chi connectivity index (χ4n) is 3.24. The van der Waals surface area contributed by atoms with Gasteiger partial charge in [-0.25, -0.2) is 4.79 Å². The van der Waals surface area contributed by atoms with Crippen LogP contribution in [0, 0.1) is 5.41 Å². The van der Waals surface area contributed by atoms with Crippen LogP contribution in [0.3, 0.4) is 0 Å². The van der Waals surface area contributed by atoms with Gasteiger partial charge in [0.15, 0.2) is 6.23 Å². The Bertz CT molecular complexity index is 337. The summed E-state index contributed by atoms with van der Waals surface area (Å²) in [5, 5.41) is 0. The molecule has 0 radical (unpaired) electrons. The van der Waals surface area contributed by atoms with Crippen molar-refractivity contribution < 1.29 is 14.3 Å². The largest absolute Gasteiger partial charge is 0.441 e. The maximum absolute atomic E-state index is 11.9. The third kappa shape index (κ3) is 1.98. The molecular formula is C12H20N2O3. The maximum Gasteiger partial charge on any atom is 0.322 e. The van der Waals surface area contributed by atoms with Gasteiger partial charge in [0.2, 0.25) is 0 Å². The Labute approximate surface area is 102 Å². The van der Waals surface area contributed by atoms with E-state index >= 15 is 0 Å². The number of hydrogen-bond acceptors (Lipinski definition) is 3. The Kier molecular flexibility index (Phi) is 3.02. The van der Waals surface area contributed by atoms with Crippen molar-refractivity contribution >= 4 is 12.0 Å². The molecule has 1 saturated carbocycles. The highest BCUT2D eigenvalue weighted by atomic mass is 16.6. The molecule has 0 aromatic rings. The van der Waals surface area contributed by atoms with Crippen molar-refractivity contribution in [1.82, 2.24) is 9.80 Å². The van der Waals surface area contributed by atoms with Crippen molar-refractivity contribution in [3.05, 3.63) is 0 Å². The van der Waals surface area contributed by atoms with Gasteiger partial charge in [0.1, 0.15) is 0 Å². The molecule has 2 aliphatic rings. The zero-order valence-corrected chi connectivity index (χ0v) is 10.7. The quantitative estimate of drug-likeness (QED) is 0.651. The summed E-state index contributed by atoms with van der Waals surface area (Å²) in [5.41, 5.74) is -0.0664. The first-order valence-corrected chi connectivity index (χ1v) is 6.11. The number of amides is 2. The molecule has 1 spiro atoms. The van der Waals surface area contributed by atoms with Crippen LogP contribution in [0.15, 0.2) is 0 Å². The third-order valence-corrected chi connectivity index (χ3v) is 3.93. The van der Waals surface area contributed by atoms with Crippen LogP contribution in [0.1, 0.15) is 32.6 Å². The number of rotatable bonds is 1. The first-order chi connectivity index (χ1) is 7.96. The highest BCUT2D eigenvalue weighted by Crippen LogP contribution is 2.46. The second-order valence-corrected chi connectivity index (χ2v) is 5.28. The molecule has 2 rings (SSSR count). The van der Waals surface area contributed by atoms with Crippen molar-refractivity contribution in [2.24, 2.45) is 5.41 Å². The number of hydrogen-bond donors (Lipinski definition) is 0. The molecule has 1 aliphatic carbocycles. The molecule has 0 N–H and O–H groups in total. The molecule has 17 heavy (non-hydrogen) atoms. The molecule has 5 heteroatoms. The molecule has 1 atom stereocenters. The Morgan fingerprint density at radius 3 is 2.47 bits per heavy atom. The summed E-state index contributed by atoms with van der Waals surface area (Å²) in [6, 6.07) is -0.0752. The molecule has 2 fully saturated rings. The van der Waals surface area contributed by atoms with E-state index in [1.165, 1.54) is 6.92 Å². The molecule has 2 amide bonds. The number of ether oxygens (including phenoxy) is 1. The summed E-state index contributed by atoms with van der Waals surface area (Å²) in [4.78, 5) is 26.4. The lowest BCUT2D eigenvalue weighted by Crippen LogP contribution is -2.62. The Morgan fingerprint density at radius 2 is 1.94 bits per heavy atom. The van der Waals surface area contributed by atoms with Crippen molar-refractivity contribution in [3.8, 4) is 0 Å². The van der Waals surface area contributed by atoms with Crippen LogP contribution in [0.25, 0.3) is 0 Å². The molecule has 96 valence electrons. The van der Waals surface area contributed by atoms with Gasteiger partial charge < -0.3 is 9.64 Å². The lowest BCUT2D eigenvalue weighted by Gasteiger charge is -2.48. The zero-order chi connectivity index (χ0) is 12.6. The molecule has 1 aliphatic heterocycles. The number of urea groups is 1. The van der Waals surface area contributed by atoms with Gasteiger partial charge in [-0.15, -0.1) is 0 Å². The summed E-state index contributed by atoms with van der Waals surface area (Å²) in [7, 11) is 3.52. The minimum Gasteiger partial charge on any atom is -0.441 e. The topological polar surface area (TPSA) is 49.9 Å². The van der Waals surface area contributed by atoms with E-state index in [-0.39, 0.29) is 17.4 Å². The number of carbonyl (C=O) groups is 2. The first-order valence-electron chi connectivity index (χ1n) is 6.11. The Morgan fingerprint density at radius 1 is 1.35 bits per heavy atom. The van der Waals surface area contributed by atoms with E-state index in [1.807, 2.05) is 7.05 Å². The normalized spacial score (nSPS) is 27.7. The highest BCUT2D eigenvalue weighted by molar-refractivity contribution is 5.76. The van der Waals surface area contributed by atoms with Crippen LogP contribution < -0.4 is 0 Å². The molecule has 1 unspecified atom stereocenters. The SMILES string of the molecule is CC(=O)OC1N(C)C(=O)N(C)CC12CCCC2. The van der Waals surface area contributed by atoms with E-state index in [0.29, 0.717) is 6.54 Å². The van der Waals surface area contributed by atoms with E-state index in [1.54, 1.807) is 16.8 Å². The van der Waals surface area contributed by atoms with Crippen LogP contribution in [-0.4, -0.2) is 48.7 Å². The van der Waals surface area contributed by atoms with Gasteiger partial charge in [-0.3, -0.25) is 9.69 Å². The first kappa shape index (κ1) is 12.2. The zero-order valence-electron chi connectivity index (χ0n) is 10.7. The molecule has 0 bridgehead atoms. The van der Waals surface area contributed by atoms with Gasteiger partial charge in [-0.05, 0) is 12.8 Å². The van der Waals surface area contributed by atoms with Crippen LogP contribution in [0.4, 0.5) is 4.79 Å². The monoisotopic (exact) mass is 240 g/mol. The second-order valence-electron chi connectivity index (χ2n) is 5.28. The number of nitrogens with zero attached hydrogens (tertiary/aromatic N) is 2. The fourth-order valence-corrected chi connectivity index (χ4v) is 3.24. The minimum absolute atomic E-state index is 0.0664. The molecular weight excluding hydrogens is 220 g/mol. The van der Waals surface area contributed by atoms with E-state index in [4.69, 9.17) is 4.74 Å². The average molecular weight is 240 g/mol. The van der Waals surface area contributed by atoms with Crippen molar-refractivity contribution in [1.29, 1.82) is 0 Å². The standard InChI is InChI=1S/C12H20N2O3/c1-9(15)17-10-12(6-4-5-7-12)8-13(2)11(16)14(10)3/h10H,4-8H2,1-3H3. The smallest absolute Gasteiger partial charge is 0.322 e. The van der Waals surface area contributed by atoms with E-state index in [9.17, 15) is 9.59 Å². The van der Waals surface area contributed by atoms with Crippen molar-refractivity contribution in [3.63, 3.8) is 0 Å². The summed E-state index contributed by atoms with van der Waals surface area (Å²) in [6.07, 6.45) is 3.94. The van der Waals surface area contributed by atoms with Crippen LogP contribution in [-0.2, 0) is 9.53 Å². The van der Waals surface area contributed by atoms with E-state index in [2.05, 4.69) is 0 Å². The van der Waals surface area contributed by atoms with Gasteiger partial charge in [0.25, 0.3) is 0 Å². The molecule has 0 aromatic heterocycles. The van der Waals surface area contributed by atoms with Crippen molar-refractivity contribution in [2.45, 2.75) is 38.8 Å². The molecule has 1 heterocycles. The fraction of sp³-hybridized carbons (Fsp3) is 0.833. The van der Waals surface area contributed by atoms with Crippen LogP contribution in [0.2, 0.25) is 0 Å². The van der Waals surface area contributed by atoms with Gasteiger partial charge in [-0.2, -0.15) is 0 Å². The maximum atomic E-state index is 11.9. The predicted molar refractivity (Wildman–Crippen MR) is 62.2 cm³/mol. The number of carbonyl (C=O) groups excluding carboxylic acids is 2. The molecule has 1 saturated heterocycles. The second kappa shape index (κ2) is 4.20. The highest BCUT2D eigenvalue weighted by Gasteiger charge is 2.51. The minimum atomic E-state index is -0.397. The van der Waals surface area contributed by atoms with Gasteiger partial charge in [0, 0.05) is 33.0 Å². The van der Waals surface area contributed by atoms with Gasteiger partial charge in [0.05, 0.1) is 0 Å². The summed E-state index contributed by atoms with van der Waals surface area (Å²) in [5.74, 6) is -0.314. The summed E-state index contributed by atoms with van der Waals surface area (Å²) >= 11 is 0. The lowest BCUT2D eigenvalue weighted by atomic mass is 9.81. The molecule has 0 aromatic carbocycles. The van der Waals surface area contributed by atoms with Crippen LogP contribution in [0.5, 0.6) is 0 Å². The van der Waals surface area contributed by atoms with E-state index in [0.717, 1.165) is 25.7 Å². The Balaban J connectivity index is 2.27. The van der Waals surface area contributed by atoms with Gasteiger partial charge >= 0.3 is 12.0 Å². The molecule has 5 nitrogen and oxygen atoms in total. The Hall–Kier alpha value is -1.26.